The van der Waals surface area contributed by atoms with Gasteiger partial charge in [-0.2, -0.15) is 0 Å². The number of aliphatic hydroxyl groups is 1. The minimum absolute atomic E-state index is 0.125. The van der Waals surface area contributed by atoms with Crippen molar-refractivity contribution in [3.05, 3.63) is 0 Å². The number of hydrogen-bond acceptors (Lipinski definition) is 3. The van der Waals surface area contributed by atoms with E-state index in [1.165, 1.54) is 6.42 Å². The van der Waals surface area contributed by atoms with E-state index in [1.54, 1.807) is 0 Å². The lowest BCUT2D eigenvalue weighted by Gasteiger charge is -2.18. The lowest BCUT2D eigenvalue weighted by molar-refractivity contribution is 0.0747. The third-order valence-corrected chi connectivity index (χ3v) is 1.77. The van der Waals surface area contributed by atoms with E-state index >= 15 is 0 Å². The Hall–Kier alpha value is -0.120. The van der Waals surface area contributed by atoms with Crippen molar-refractivity contribution >= 4 is 0 Å². The van der Waals surface area contributed by atoms with Gasteiger partial charge in [-0.1, -0.05) is 13.8 Å². The van der Waals surface area contributed by atoms with Crippen molar-refractivity contribution in [1.29, 1.82) is 0 Å². The van der Waals surface area contributed by atoms with Gasteiger partial charge < -0.3 is 14.7 Å². The highest BCUT2D eigenvalue weighted by Crippen LogP contribution is 1.90. The second-order valence-corrected chi connectivity index (χ2v) is 2.77. The van der Waals surface area contributed by atoms with Crippen molar-refractivity contribution in [2.45, 2.75) is 20.3 Å². The molecule has 0 aromatic carbocycles. The lowest BCUT2D eigenvalue weighted by Crippen LogP contribution is -2.28. The van der Waals surface area contributed by atoms with Gasteiger partial charge in [0.1, 0.15) is 0 Å². The lowest BCUT2D eigenvalue weighted by atomic mass is 10.4. The summed E-state index contributed by atoms with van der Waals surface area (Å²) in [4.78, 5) is 2.34. The summed E-state index contributed by atoms with van der Waals surface area (Å²) in [6, 6.07) is 0. The van der Waals surface area contributed by atoms with Crippen molar-refractivity contribution in [3.63, 3.8) is 0 Å². The molecule has 0 aromatic heterocycles. The molecule has 0 radical (unpaired) electrons. The van der Waals surface area contributed by atoms with Crippen LogP contribution in [0.3, 0.4) is 0 Å². The summed E-state index contributed by atoms with van der Waals surface area (Å²) < 4.78 is 5.17. The van der Waals surface area contributed by atoms with E-state index in [0.717, 1.165) is 26.2 Å². The topological polar surface area (TPSA) is 32.7 Å². The zero-order chi connectivity index (χ0) is 9.23. The summed E-state index contributed by atoms with van der Waals surface area (Å²) >= 11 is 0. The van der Waals surface area contributed by atoms with Gasteiger partial charge in [0.05, 0.1) is 19.8 Å². The first-order valence-corrected chi connectivity index (χ1v) is 4.76. The third-order valence-electron chi connectivity index (χ3n) is 1.77. The monoisotopic (exact) mass is 175 g/mol. The largest absolute Gasteiger partial charge is 0.394 e. The van der Waals surface area contributed by atoms with Gasteiger partial charge in [-0.3, -0.25) is 0 Å². The average Bonchev–Trinajstić information content (AvgIpc) is 2.10. The summed E-state index contributed by atoms with van der Waals surface area (Å²) in [5.74, 6) is 0. The molecule has 0 aliphatic heterocycles. The molecule has 0 atom stereocenters. The van der Waals surface area contributed by atoms with Crippen LogP contribution in [0.15, 0.2) is 0 Å². The fraction of sp³-hybridized carbons (Fsp3) is 1.00. The Kier molecular flexibility index (Phi) is 8.88. The summed E-state index contributed by atoms with van der Waals surface area (Å²) in [5, 5.41) is 8.45. The van der Waals surface area contributed by atoms with Crippen LogP contribution in [0.2, 0.25) is 0 Å². The molecule has 3 nitrogen and oxygen atoms in total. The zero-order valence-electron chi connectivity index (χ0n) is 8.25. The summed E-state index contributed by atoms with van der Waals surface area (Å²) in [6.45, 7) is 8.84. The molecule has 0 saturated carbocycles. The van der Waals surface area contributed by atoms with Gasteiger partial charge in [-0.05, 0) is 19.5 Å². The highest BCUT2D eigenvalue weighted by atomic mass is 16.5. The molecule has 0 bridgehead atoms. The van der Waals surface area contributed by atoms with Crippen LogP contribution >= 0.6 is 0 Å². The second kappa shape index (κ2) is 8.97. The van der Waals surface area contributed by atoms with E-state index < -0.39 is 0 Å². The number of hydrogen-bond donors (Lipinski definition) is 1. The molecule has 0 saturated heterocycles. The van der Waals surface area contributed by atoms with Crippen molar-refractivity contribution in [3.8, 4) is 0 Å². The van der Waals surface area contributed by atoms with Crippen LogP contribution in [0.5, 0.6) is 0 Å². The van der Waals surface area contributed by atoms with Gasteiger partial charge in [0, 0.05) is 6.54 Å². The Morgan fingerprint density at radius 1 is 1.17 bits per heavy atom. The highest BCUT2D eigenvalue weighted by molar-refractivity contribution is 4.52. The van der Waals surface area contributed by atoms with Crippen LogP contribution in [0.25, 0.3) is 0 Å². The maximum atomic E-state index is 8.45. The number of nitrogens with zero attached hydrogens (tertiary/aromatic N) is 1. The van der Waals surface area contributed by atoms with E-state index in [1.807, 2.05) is 0 Å². The normalized spacial score (nSPS) is 11.0. The first kappa shape index (κ1) is 11.9. The minimum atomic E-state index is 0.125. The van der Waals surface area contributed by atoms with Gasteiger partial charge in [-0.15, -0.1) is 0 Å². The molecule has 0 aromatic rings. The van der Waals surface area contributed by atoms with E-state index in [2.05, 4.69) is 18.7 Å². The molecule has 0 amide bonds. The molecule has 0 heterocycles. The standard InChI is InChI=1S/C9H21NO2/c1-3-5-10(4-2)6-8-12-9-7-11/h11H,3-9H2,1-2H3. The fourth-order valence-electron chi connectivity index (χ4n) is 1.10. The van der Waals surface area contributed by atoms with E-state index in [9.17, 15) is 0 Å². The van der Waals surface area contributed by atoms with Gasteiger partial charge in [-0.25, -0.2) is 0 Å². The third kappa shape index (κ3) is 6.58. The van der Waals surface area contributed by atoms with Crippen LogP contribution in [0.1, 0.15) is 20.3 Å². The van der Waals surface area contributed by atoms with Crippen LogP contribution in [-0.4, -0.2) is 49.5 Å². The first-order valence-electron chi connectivity index (χ1n) is 4.76. The average molecular weight is 175 g/mol. The predicted octanol–water partition coefficient (Wildman–Crippen LogP) is 0.727. The first-order chi connectivity index (χ1) is 5.85. The van der Waals surface area contributed by atoms with E-state index in [0.29, 0.717) is 6.61 Å². The number of aliphatic hydroxyl groups excluding tert-OH is 1. The predicted molar refractivity (Wildman–Crippen MR) is 50.3 cm³/mol. The van der Waals surface area contributed by atoms with Crippen LogP contribution in [-0.2, 0) is 4.74 Å². The summed E-state index contributed by atoms with van der Waals surface area (Å²) in [7, 11) is 0. The maximum absolute atomic E-state index is 8.45. The molecule has 74 valence electrons. The van der Waals surface area contributed by atoms with E-state index in [4.69, 9.17) is 9.84 Å². The maximum Gasteiger partial charge on any atom is 0.0698 e. The SMILES string of the molecule is CCCN(CC)CCOCCO. The summed E-state index contributed by atoms with van der Waals surface area (Å²) in [5.41, 5.74) is 0. The molecule has 0 unspecified atom stereocenters. The molecule has 0 rings (SSSR count). The van der Waals surface area contributed by atoms with Crippen LogP contribution in [0.4, 0.5) is 0 Å². The number of ether oxygens (including phenoxy) is 1. The molecule has 0 fully saturated rings. The molecular weight excluding hydrogens is 154 g/mol. The van der Waals surface area contributed by atoms with Crippen molar-refractivity contribution < 1.29 is 9.84 Å². The van der Waals surface area contributed by atoms with Gasteiger partial charge in [0.15, 0.2) is 0 Å². The van der Waals surface area contributed by atoms with Gasteiger partial charge >= 0.3 is 0 Å². The Morgan fingerprint density at radius 3 is 2.42 bits per heavy atom. The molecule has 0 aliphatic rings. The summed E-state index contributed by atoms with van der Waals surface area (Å²) in [6.07, 6.45) is 1.19. The highest BCUT2D eigenvalue weighted by Gasteiger charge is 1.98. The van der Waals surface area contributed by atoms with Gasteiger partial charge in [0.25, 0.3) is 0 Å². The Morgan fingerprint density at radius 2 is 1.92 bits per heavy atom. The minimum Gasteiger partial charge on any atom is -0.394 e. The zero-order valence-corrected chi connectivity index (χ0v) is 8.25. The molecule has 12 heavy (non-hydrogen) atoms. The van der Waals surface area contributed by atoms with Crippen molar-refractivity contribution in [2.24, 2.45) is 0 Å². The van der Waals surface area contributed by atoms with Gasteiger partial charge in [0.2, 0.25) is 0 Å². The molecule has 0 aliphatic carbocycles. The number of likely N-dealkylation sites (N-methyl/N-ethyl adjacent to an activating group) is 1. The van der Waals surface area contributed by atoms with Crippen molar-refractivity contribution in [1.82, 2.24) is 4.90 Å². The Balaban J connectivity index is 3.19. The second-order valence-electron chi connectivity index (χ2n) is 2.77. The van der Waals surface area contributed by atoms with Crippen molar-refractivity contribution in [2.75, 3.05) is 39.5 Å². The molecule has 3 heteroatoms. The molecule has 0 spiro atoms. The molecular formula is C9H21NO2. The molecule has 1 N–H and O–H groups in total. The fourth-order valence-corrected chi connectivity index (χ4v) is 1.10. The smallest absolute Gasteiger partial charge is 0.0698 e. The Bertz CT molecular complexity index is 88.6. The van der Waals surface area contributed by atoms with E-state index in [-0.39, 0.29) is 6.61 Å². The quantitative estimate of drug-likeness (QED) is 0.552. The van der Waals surface area contributed by atoms with Crippen LogP contribution in [0, 0.1) is 0 Å². The number of rotatable bonds is 8. The Labute approximate surface area is 75.3 Å². The van der Waals surface area contributed by atoms with Crippen LogP contribution < -0.4 is 0 Å².